The van der Waals surface area contributed by atoms with Crippen LogP contribution in [0.3, 0.4) is 0 Å². The van der Waals surface area contributed by atoms with Crippen molar-refractivity contribution >= 4 is 0 Å². The van der Waals surface area contributed by atoms with Gasteiger partial charge in [-0.05, 0) is 13.5 Å². The predicted molar refractivity (Wildman–Crippen MR) is 90.4 cm³/mol. The molecule has 5 heteroatoms. The summed E-state index contributed by atoms with van der Waals surface area (Å²) in [6, 6.07) is 0. The summed E-state index contributed by atoms with van der Waals surface area (Å²) in [5.74, 6) is 0. The van der Waals surface area contributed by atoms with Gasteiger partial charge in [0.15, 0.2) is 0 Å². The highest BCUT2D eigenvalue weighted by atomic mass is 16.5. The van der Waals surface area contributed by atoms with Gasteiger partial charge in [-0.25, -0.2) is 0 Å². The van der Waals surface area contributed by atoms with Crippen LogP contribution in [0.1, 0.15) is 34.1 Å². The first-order valence-electron chi connectivity index (χ1n) is 8.65. The summed E-state index contributed by atoms with van der Waals surface area (Å²) in [4.78, 5) is 2.34. The van der Waals surface area contributed by atoms with Gasteiger partial charge in [-0.15, -0.1) is 0 Å². The minimum absolute atomic E-state index is 0.0259. The molecule has 0 aromatic carbocycles. The van der Waals surface area contributed by atoms with Crippen LogP contribution in [0.4, 0.5) is 0 Å². The zero-order valence-electron chi connectivity index (χ0n) is 15.5. The standard InChI is InChI=1S/C18H35NO4/c1-15(9-20)6-16(2,10-21)12-23-14-18(4)8-19(5)7-17(18,3)13-22-11-15/h20-21H,6-14H2,1-5H3. The second-order valence-corrected chi connectivity index (χ2v) is 9.39. The van der Waals surface area contributed by atoms with Gasteiger partial charge < -0.3 is 24.6 Å². The molecule has 2 N–H and O–H groups in total. The number of rotatable bonds is 2. The van der Waals surface area contributed by atoms with Crippen molar-refractivity contribution < 1.29 is 19.7 Å². The highest BCUT2D eigenvalue weighted by Crippen LogP contribution is 2.47. The molecule has 136 valence electrons. The largest absolute Gasteiger partial charge is 0.396 e. The van der Waals surface area contributed by atoms with Crippen LogP contribution in [0.2, 0.25) is 0 Å². The first-order valence-corrected chi connectivity index (χ1v) is 8.65. The normalized spacial score (nSPS) is 47.1. The summed E-state index contributed by atoms with van der Waals surface area (Å²) >= 11 is 0. The van der Waals surface area contributed by atoms with Gasteiger partial charge in [0.2, 0.25) is 0 Å². The molecule has 4 unspecified atom stereocenters. The molecule has 4 atom stereocenters. The number of hydrogen-bond donors (Lipinski definition) is 2. The zero-order valence-corrected chi connectivity index (χ0v) is 15.5. The molecule has 2 aliphatic heterocycles. The fraction of sp³-hybridized carbons (Fsp3) is 1.00. The number of fused-ring (bicyclic) bond motifs is 1. The van der Waals surface area contributed by atoms with Crippen LogP contribution in [0, 0.1) is 21.7 Å². The van der Waals surface area contributed by atoms with E-state index in [2.05, 4.69) is 25.8 Å². The zero-order chi connectivity index (χ0) is 17.4. The highest BCUT2D eigenvalue weighted by Gasteiger charge is 2.52. The van der Waals surface area contributed by atoms with E-state index in [0.29, 0.717) is 32.8 Å². The summed E-state index contributed by atoms with van der Waals surface area (Å²) < 4.78 is 12.2. The molecule has 2 saturated heterocycles. The maximum Gasteiger partial charge on any atom is 0.0542 e. The molecule has 0 saturated carbocycles. The summed E-state index contributed by atoms with van der Waals surface area (Å²) in [5, 5.41) is 19.7. The van der Waals surface area contributed by atoms with Crippen molar-refractivity contribution in [2.45, 2.75) is 34.1 Å². The molecule has 0 bridgehead atoms. The van der Waals surface area contributed by atoms with Crippen LogP contribution >= 0.6 is 0 Å². The van der Waals surface area contributed by atoms with Crippen molar-refractivity contribution in [3.8, 4) is 0 Å². The second-order valence-electron chi connectivity index (χ2n) is 9.39. The fourth-order valence-electron chi connectivity index (χ4n) is 4.45. The number of hydrogen-bond acceptors (Lipinski definition) is 5. The van der Waals surface area contributed by atoms with Gasteiger partial charge in [0, 0.05) is 34.7 Å². The lowest BCUT2D eigenvalue weighted by molar-refractivity contribution is -0.0583. The molecule has 0 amide bonds. The molecule has 2 rings (SSSR count). The Morgan fingerprint density at radius 2 is 1.17 bits per heavy atom. The Kier molecular flexibility index (Phi) is 5.49. The molecular formula is C18H35NO4. The van der Waals surface area contributed by atoms with E-state index in [4.69, 9.17) is 9.47 Å². The quantitative estimate of drug-likeness (QED) is 0.801. The van der Waals surface area contributed by atoms with E-state index < -0.39 is 0 Å². The van der Waals surface area contributed by atoms with Gasteiger partial charge in [-0.3, -0.25) is 0 Å². The Labute approximate surface area is 141 Å². The average Bonchev–Trinajstić information content (AvgIpc) is 2.67. The molecule has 0 aliphatic carbocycles. The van der Waals surface area contributed by atoms with E-state index >= 15 is 0 Å². The number of ether oxygens (including phenoxy) is 2. The maximum atomic E-state index is 9.86. The van der Waals surface area contributed by atoms with E-state index in [0.717, 1.165) is 13.1 Å². The van der Waals surface area contributed by atoms with Gasteiger partial charge in [0.05, 0.1) is 39.6 Å². The van der Waals surface area contributed by atoms with Gasteiger partial charge in [0.1, 0.15) is 0 Å². The van der Waals surface area contributed by atoms with Gasteiger partial charge >= 0.3 is 0 Å². The monoisotopic (exact) mass is 329 g/mol. The number of aliphatic hydroxyl groups excluding tert-OH is 2. The van der Waals surface area contributed by atoms with E-state index in [9.17, 15) is 10.2 Å². The molecule has 2 fully saturated rings. The van der Waals surface area contributed by atoms with Crippen molar-refractivity contribution in [1.82, 2.24) is 4.90 Å². The van der Waals surface area contributed by atoms with E-state index in [1.807, 2.05) is 13.8 Å². The summed E-state index contributed by atoms with van der Waals surface area (Å²) in [7, 11) is 2.14. The molecular weight excluding hydrogens is 294 g/mol. The van der Waals surface area contributed by atoms with Crippen LogP contribution in [0.5, 0.6) is 0 Å². The minimum atomic E-state index is -0.359. The molecule has 0 spiro atoms. The maximum absolute atomic E-state index is 9.86. The molecule has 0 radical (unpaired) electrons. The smallest absolute Gasteiger partial charge is 0.0542 e. The summed E-state index contributed by atoms with van der Waals surface area (Å²) in [5.41, 5.74) is -0.666. The highest BCUT2D eigenvalue weighted by molar-refractivity contribution is 5.02. The van der Waals surface area contributed by atoms with Crippen molar-refractivity contribution in [3.63, 3.8) is 0 Å². The van der Waals surface area contributed by atoms with Crippen LogP contribution in [-0.2, 0) is 9.47 Å². The summed E-state index contributed by atoms with van der Waals surface area (Å²) in [6.07, 6.45) is 0.681. The third-order valence-electron chi connectivity index (χ3n) is 6.05. The first kappa shape index (κ1) is 19.1. The fourth-order valence-corrected chi connectivity index (χ4v) is 4.45. The number of aliphatic hydroxyl groups is 2. The Morgan fingerprint density at radius 1 is 0.783 bits per heavy atom. The Hall–Kier alpha value is -0.200. The first-order chi connectivity index (χ1) is 10.6. The lowest BCUT2D eigenvalue weighted by Gasteiger charge is -2.40. The molecule has 0 aromatic heterocycles. The van der Waals surface area contributed by atoms with Crippen molar-refractivity contribution in [2.75, 3.05) is 59.8 Å². The second kappa shape index (κ2) is 6.60. The van der Waals surface area contributed by atoms with Crippen LogP contribution < -0.4 is 0 Å². The molecule has 23 heavy (non-hydrogen) atoms. The Balaban J connectivity index is 2.24. The topological polar surface area (TPSA) is 62.2 Å². The van der Waals surface area contributed by atoms with E-state index in [1.165, 1.54) is 0 Å². The van der Waals surface area contributed by atoms with Crippen LogP contribution in [-0.4, -0.2) is 74.9 Å². The molecule has 2 heterocycles. The van der Waals surface area contributed by atoms with Gasteiger partial charge in [-0.1, -0.05) is 27.7 Å². The lowest BCUT2D eigenvalue weighted by Crippen LogP contribution is -2.44. The Bertz CT molecular complexity index is 384. The summed E-state index contributed by atoms with van der Waals surface area (Å²) in [6.45, 7) is 13.0. The minimum Gasteiger partial charge on any atom is -0.396 e. The molecule has 5 nitrogen and oxygen atoms in total. The third-order valence-corrected chi connectivity index (χ3v) is 6.05. The van der Waals surface area contributed by atoms with Crippen molar-refractivity contribution in [2.24, 2.45) is 21.7 Å². The SMILES string of the molecule is CN1CC2(C)COCC(C)(CO)CC(C)(CO)COCC2(C)C1. The average molecular weight is 329 g/mol. The van der Waals surface area contributed by atoms with Gasteiger partial charge in [0.25, 0.3) is 0 Å². The Morgan fingerprint density at radius 3 is 1.52 bits per heavy atom. The van der Waals surface area contributed by atoms with E-state index in [-0.39, 0.29) is 34.9 Å². The molecule has 2 aliphatic rings. The van der Waals surface area contributed by atoms with Crippen LogP contribution in [0.25, 0.3) is 0 Å². The van der Waals surface area contributed by atoms with Gasteiger partial charge in [-0.2, -0.15) is 0 Å². The van der Waals surface area contributed by atoms with Crippen molar-refractivity contribution in [1.29, 1.82) is 0 Å². The predicted octanol–water partition coefficient (Wildman–Crippen LogP) is 1.38. The lowest BCUT2D eigenvalue weighted by atomic mass is 9.69. The number of nitrogens with zero attached hydrogens (tertiary/aromatic N) is 1. The molecule has 0 aromatic rings. The van der Waals surface area contributed by atoms with E-state index in [1.54, 1.807) is 0 Å². The van der Waals surface area contributed by atoms with Crippen LogP contribution in [0.15, 0.2) is 0 Å². The third kappa shape index (κ3) is 3.90. The van der Waals surface area contributed by atoms with Crippen molar-refractivity contribution in [3.05, 3.63) is 0 Å². The number of likely N-dealkylation sites (tertiary alicyclic amines) is 1.